The predicted octanol–water partition coefficient (Wildman–Crippen LogP) is 3.02. The molecule has 15 heteroatoms. The van der Waals surface area contributed by atoms with Crippen LogP contribution < -0.4 is 0 Å². The van der Waals surface area contributed by atoms with Crippen LogP contribution in [0.2, 0.25) is 0 Å². The first-order chi connectivity index (χ1) is 23.8. The summed E-state index contributed by atoms with van der Waals surface area (Å²) in [6.45, 7) is 14.2. The Bertz CT molecular complexity index is 1320. The summed E-state index contributed by atoms with van der Waals surface area (Å²) in [5.74, 6) is -8.32. The number of hydrogen-bond acceptors (Lipinski definition) is 11. The number of rotatable bonds is 16. The minimum absolute atomic E-state index is 0.185. The van der Waals surface area contributed by atoms with E-state index in [1.807, 2.05) is 42.5 Å². The molecule has 3 rings (SSSR count). The number of benzene rings is 2. The third kappa shape index (κ3) is 14.5. The molecule has 4 N–H and O–H groups in total. The van der Waals surface area contributed by atoms with Crippen molar-refractivity contribution in [2.24, 2.45) is 5.41 Å². The maximum Gasteiger partial charge on any atom is 0.414 e. The van der Waals surface area contributed by atoms with Crippen LogP contribution in [0.4, 0.5) is 0 Å². The van der Waals surface area contributed by atoms with Crippen molar-refractivity contribution < 1.29 is 63.4 Å². The van der Waals surface area contributed by atoms with Gasteiger partial charge in [-0.2, -0.15) is 0 Å². The average molecular weight is 707 g/mol. The van der Waals surface area contributed by atoms with Crippen molar-refractivity contribution in [2.75, 3.05) is 59.1 Å². The Balaban J connectivity index is 0.000000890. The highest BCUT2D eigenvalue weighted by atomic mass is 16.6. The molecule has 1 unspecified atom stereocenters. The fourth-order valence-electron chi connectivity index (χ4n) is 5.32. The van der Waals surface area contributed by atoms with Gasteiger partial charge in [-0.3, -0.25) is 9.59 Å². The number of carbonyl (C=O) groups excluding carboxylic acids is 2. The maximum absolute atomic E-state index is 14.0. The molecule has 0 aromatic heterocycles. The first-order valence-corrected chi connectivity index (χ1v) is 16.6. The molecule has 2 aromatic carbocycles. The quantitative estimate of drug-likeness (QED) is 0.112. The van der Waals surface area contributed by atoms with Crippen LogP contribution in [-0.2, 0) is 49.4 Å². The molecule has 0 spiro atoms. The molecule has 15 nitrogen and oxygen atoms in total. The van der Waals surface area contributed by atoms with Crippen LogP contribution in [-0.4, -0.2) is 131 Å². The van der Waals surface area contributed by atoms with E-state index in [2.05, 4.69) is 37.5 Å². The number of carboxylic acids is 4. The van der Waals surface area contributed by atoms with E-state index in [0.717, 1.165) is 55.4 Å². The molecule has 1 atom stereocenters. The molecule has 50 heavy (non-hydrogen) atoms. The van der Waals surface area contributed by atoms with Crippen LogP contribution in [0, 0.1) is 5.41 Å². The first-order valence-electron chi connectivity index (χ1n) is 16.6. The second-order valence-corrected chi connectivity index (χ2v) is 11.3. The normalized spacial score (nSPS) is 13.8. The zero-order valence-electron chi connectivity index (χ0n) is 29.2. The van der Waals surface area contributed by atoms with Crippen molar-refractivity contribution in [2.45, 2.75) is 59.5 Å². The summed E-state index contributed by atoms with van der Waals surface area (Å²) in [6.07, 6.45) is 2.02. The van der Waals surface area contributed by atoms with Crippen molar-refractivity contribution in [3.8, 4) is 0 Å². The molecule has 1 aliphatic heterocycles. The van der Waals surface area contributed by atoms with Crippen LogP contribution in [0.25, 0.3) is 10.8 Å². The smallest absolute Gasteiger partial charge is 0.414 e. The number of nitrogens with zero attached hydrogens (tertiary/aromatic N) is 2. The summed E-state index contributed by atoms with van der Waals surface area (Å²) >= 11 is 0. The van der Waals surface area contributed by atoms with E-state index < -0.39 is 41.2 Å². The summed E-state index contributed by atoms with van der Waals surface area (Å²) in [7, 11) is 0. The molecule has 0 saturated carbocycles. The van der Waals surface area contributed by atoms with E-state index in [-0.39, 0.29) is 32.2 Å². The van der Waals surface area contributed by atoms with Gasteiger partial charge in [-0.15, -0.1) is 0 Å². The molecule has 1 aliphatic rings. The summed E-state index contributed by atoms with van der Waals surface area (Å²) in [4.78, 5) is 68.8. The van der Waals surface area contributed by atoms with Gasteiger partial charge in [0.25, 0.3) is 0 Å². The molecule has 2 aromatic rings. The van der Waals surface area contributed by atoms with Crippen molar-refractivity contribution in [3.05, 3.63) is 48.0 Å². The van der Waals surface area contributed by atoms with Crippen molar-refractivity contribution >= 4 is 46.6 Å². The number of fused-ring (bicyclic) bond motifs is 1. The Labute approximate surface area is 291 Å². The maximum atomic E-state index is 14.0. The van der Waals surface area contributed by atoms with Gasteiger partial charge in [0.1, 0.15) is 13.2 Å². The highest BCUT2D eigenvalue weighted by molar-refractivity contribution is 6.27. The Kier molecular flexibility index (Phi) is 19.9. The van der Waals surface area contributed by atoms with Crippen LogP contribution in [0.1, 0.15) is 52.5 Å². The van der Waals surface area contributed by atoms with Gasteiger partial charge in [0.05, 0.1) is 6.10 Å². The van der Waals surface area contributed by atoms with Crippen molar-refractivity contribution in [1.29, 1.82) is 0 Å². The Morgan fingerprint density at radius 3 is 1.60 bits per heavy atom. The van der Waals surface area contributed by atoms with Gasteiger partial charge in [-0.1, -0.05) is 70.2 Å². The molecule has 0 bridgehead atoms. The number of aliphatic carboxylic acids is 4. The van der Waals surface area contributed by atoms with E-state index in [4.69, 9.17) is 53.8 Å². The molecular weight excluding hydrogens is 656 g/mol. The highest BCUT2D eigenvalue weighted by Gasteiger charge is 2.51. The Hall–Kier alpha value is -4.60. The van der Waals surface area contributed by atoms with E-state index in [1.165, 1.54) is 0 Å². The summed E-state index contributed by atoms with van der Waals surface area (Å²) < 4.78 is 17.7. The molecule has 1 fully saturated rings. The minimum atomic E-state index is -1.82. The van der Waals surface area contributed by atoms with Gasteiger partial charge >= 0.3 is 35.8 Å². The van der Waals surface area contributed by atoms with Gasteiger partial charge in [0.15, 0.2) is 5.41 Å². The van der Waals surface area contributed by atoms with Crippen molar-refractivity contribution in [3.63, 3.8) is 0 Å². The predicted molar refractivity (Wildman–Crippen MR) is 182 cm³/mol. The average Bonchev–Trinajstić information content (AvgIpc) is 3.61. The lowest BCUT2D eigenvalue weighted by Gasteiger charge is -2.32. The van der Waals surface area contributed by atoms with E-state index >= 15 is 0 Å². The van der Waals surface area contributed by atoms with Gasteiger partial charge in [0.2, 0.25) is 0 Å². The first kappa shape index (κ1) is 43.4. The standard InChI is InChI=1S/C31H46N2O5.2C2H2O4/c1-5-32(6-2)18-21-37-29(34)31(24-27-16-12-20-36-27,30(35)38-22-19-33(7-3)8-4)23-26-15-11-14-25-13-9-10-17-28(25)26;2*3-1(4)2(5)6/h9-11,13-15,17,27H,5-8,12,16,18-24H2,1-4H3;2*(H,3,4)(H,5,6). The fraction of sp³-hybridized carbons (Fsp3) is 0.543. The molecular formula is C35H50N2O13. The van der Waals surface area contributed by atoms with Gasteiger partial charge in [0, 0.05) is 26.1 Å². The molecule has 1 saturated heterocycles. The molecule has 0 aliphatic carbocycles. The second kappa shape index (κ2) is 22.9. The fourth-order valence-corrected chi connectivity index (χ4v) is 5.32. The summed E-state index contributed by atoms with van der Waals surface area (Å²) in [5.41, 5.74) is -0.548. The van der Waals surface area contributed by atoms with E-state index in [9.17, 15) is 9.59 Å². The number of ether oxygens (including phenoxy) is 3. The lowest BCUT2D eigenvalue weighted by Crippen LogP contribution is -2.47. The number of hydrogen-bond donors (Lipinski definition) is 4. The Morgan fingerprint density at radius 2 is 1.18 bits per heavy atom. The number of carbonyl (C=O) groups is 6. The summed E-state index contributed by atoms with van der Waals surface area (Å²) in [5, 5.41) is 31.7. The Morgan fingerprint density at radius 1 is 0.720 bits per heavy atom. The summed E-state index contributed by atoms with van der Waals surface area (Å²) in [6, 6.07) is 14.1. The molecule has 0 amide bonds. The van der Waals surface area contributed by atoms with Crippen LogP contribution in [0.3, 0.4) is 0 Å². The zero-order valence-corrected chi connectivity index (χ0v) is 29.2. The van der Waals surface area contributed by atoms with Crippen molar-refractivity contribution in [1.82, 2.24) is 9.80 Å². The lowest BCUT2D eigenvalue weighted by atomic mass is 9.75. The van der Waals surface area contributed by atoms with Crippen LogP contribution >= 0.6 is 0 Å². The molecule has 0 radical (unpaired) electrons. The highest BCUT2D eigenvalue weighted by Crippen LogP contribution is 2.37. The van der Waals surface area contributed by atoms with E-state index in [1.54, 1.807) is 0 Å². The van der Waals surface area contributed by atoms with Gasteiger partial charge < -0.3 is 44.4 Å². The third-order valence-corrected chi connectivity index (χ3v) is 8.19. The van der Waals surface area contributed by atoms with Gasteiger partial charge in [-0.25, -0.2) is 19.2 Å². The molecule has 278 valence electrons. The van der Waals surface area contributed by atoms with Crippen LogP contribution in [0.15, 0.2) is 42.5 Å². The van der Waals surface area contributed by atoms with E-state index in [0.29, 0.717) is 19.7 Å². The molecule has 1 heterocycles. The monoisotopic (exact) mass is 706 g/mol. The topological polar surface area (TPSA) is 218 Å². The SMILES string of the molecule is CCN(CC)CCOC(=O)C(Cc1cccc2ccccc12)(CC1CCCO1)C(=O)OCCN(CC)CC.O=C(O)C(=O)O.O=C(O)C(=O)O. The number of esters is 2. The van der Waals surface area contributed by atoms with Gasteiger partial charge in [-0.05, 0) is 61.8 Å². The number of likely N-dealkylation sites (N-methyl/N-ethyl adjacent to an activating group) is 2. The third-order valence-electron chi connectivity index (χ3n) is 8.19. The number of carboxylic acid groups (broad SMARTS) is 4. The van der Waals surface area contributed by atoms with Crippen LogP contribution in [0.5, 0.6) is 0 Å². The second-order valence-electron chi connectivity index (χ2n) is 11.3. The lowest BCUT2D eigenvalue weighted by molar-refractivity contribution is -0.176. The largest absolute Gasteiger partial charge is 0.473 e. The zero-order chi connectivity index (χ0) is 37.7. The minimum Gasteiger partial charge on any atom is -0.473 e.